The van der Waals surface area contributed by atoms with E-state index in [0.717, 1.165) is 11.3 Å². The number of nitrogens with two attached hydrogens (primary N) is 1. The standard InChI is InChI=1S/C13H20N4O2/c1-8-5-9(2)16-13(11(8)12(14)15)17-3-4-19-7-10(17)6-18/h5,10,18H,3-4,6-7H2,1-2H3,(H3,14,15). The van der Waals surface area contributed by atoms with Gasteiger partial charge in [-0.25, -0.2) is 4.98 Å². The number of pyridine rings is 1. The summed E-state index contributed by atoms with van der Waals surface area (Å²) in [6.07, 6.45) is 0. The van der Waals surface area contributed by atoms with Crippen molar-refractivity contribution in [2.24, 2.45) is 5.73 Å². The summed E-state index contributed by atoms with van der Waals surface area (Å²) in [6.45, 7) is 5.51. The van der Waals surface area contributed by atoms with Gasteiger partial charge in [-0.3, -0.25) is 5.41 Å². The van der Waals surface area contributed by atoms with Gasteiger partial charge in [0.1, 0.15) is 11.7 Å². The molecule has 104 valence electrons. The van der Waals surface area contributed by atoms with Gasteiger partial charge in [-0.15, -0.1) is 0 Å². The number of anilines is 1. The molecule has 0 bridgehead atoms. The van der Waals surface area contributed by atoms with Gasteiger partial charge in [-0.1, -0.05) is 0 Å². The van der Waals surface area contributed by atoms with Gasteiger partial charge in [-0.2, -0.15) is 0 Å². The largest absolute Gasteiger partial charge is 0.394 e. The maximum absolute atomic E-state index is 9.46. The monoisotopic (exact) mass is 264 g/mol. The number of morpholine rings is 1. The minimum atomic E-state index is -0.138. The quantitative estimate of drug-likeness (QED) is 0.534. The number of rotatable bonds is 3. The first-order valence-corrected chi connectivity index (χ1v) is 6.32. The third-order valence-corrected chi connectivity index (χ3v) is 3.31. The molecule has 19 heavy (non-hydrogen) atoms. The van der Waals surface area contributed by atoms with Gasteiger partial charge in [-0.05, 0) is 25.5 Å². The van der Waals surface area contributed by atoms with Crippen LogP contribution < -0.4 is 10.6 Å². The summed E-state index contributed by atoms with van der Waals surface area (Å²) in [4.78, 5) is 6.50. The number of aryl methyl sites for hydroxylation is 2. The number of ether oxygens (including phenoxy) is 1. The Hall–Kier alpha value is -1.66. The Labute approximate surface area is 112 Å². The molecule has 0 aromatic carbocycles. The van der Waals surface area contributed by atoms with Crippen molar-refractivity contribution in [3.8, 4) is 0 Å². The fourth-order valence-corrected chi connectivity index (χ4v) is 2.44. The maximum atomic E-state index is 9.46. The van der Waals surface area contributed by atoms with Crippen molar-refractivity contribution >= 4 is 11.7 Å². The Kier molecular flexibility index (Phi) is 4.01. The molecule has 0 amide bonds. The van der Waals surface area contributed by atoms with E-state index >= 15 is 0 Å². The van der Waals surface area contributed by atoms with Crippen LogP contribution in [-0.4, -0.2) is 48.3 Å². The van der Waals surface area contributed by atoms with E-state index in [1.807, 2.05) is 24.8 Å². The van der Waals surface area contributed by atoms with E-state index < -0.39 is 0 Å². The highest BCUT2D eigenvalue weighted by atomic mass is 16.5. The molecule has 4 N–H and O–H groups in total. The second-order valence-corrected chi connectivity index (χ2v) is 4.80. The first kappa shape index (κ1) is 13.8. The van der Waals surface area contributed by atoms with Crippen molar-refractivity contribution in [3.05, 3.63) is 22.9 Å². The summed E-state index contributed by atoms with van der Waals surface area (Å²) in [5, 5.41) is 17.2. The average Bonchev–Trinajstić information content (AvgIpc) is 2.37. The minimum absolute atomic E-state index is 0.00295. The average molecular weight is 264 g/mol. The zero-order valence-corrected chi connectivity index (χ0v) is 11.3. The van der Waals surface area contributed by atoms with E-state index in [1.54, 1.807) is 0 Å². The van der Waals surface area contributed by atoms with Crippen LogP contribution in [0.4, 0.5) is 5.82 Å². The lowest BCUT2D eigenvalue weighted by molar-refractivity contribution is 0.0722. The highest BCUT2D eigenvalue weighted by Gasteiger charge is 2.27. The van der Waals surface area contributed by atoms with Crippen LogP contribution in [0, 0.1) is 19.3 Å². The van der Waals surface area contributed by atoms with Crippen molar-refractivity contribution in [3.63, 3.8) is 0 Å². The molecule has 1 aromatic heterocycles. The number of aliphatic hydroxyl groups excluding tert-OH is 1. The second kappa shape index (κ2) is 5.54. The van der Waals surface area contributed by atoms with Gasteiger partial charge in [0.25, 0.3) is 0 Å². The Bertz CT molecular complexity index is 490. The number of hydrogen-bond donors (Lipinski definition) is 3. The first-order chi connectivity index (χ1) is 9.04. The van der Waals surface area contributed by atoms with Crippen LogP contribution in [0.2, 0.25) is 0 Å². The number of aromatic nitrogens is 1. The van der Waals surface area contributed by atoms with Crippen LogP contribution in [0.15, 0.2) is 6.07 Å². The highest BCUT2D eigenvalue weighted by molar-refractivity contribution is 6.01. The van der Waals surface area contributed by atoms with Crippen molar-refractivity contribution in [1.29, 1.82) is 5.41 Å². The third kappa shape index (κ3) is 2.69. The Morgan fingerprint density at radius 1 is 1.63 bits per heavy atom. The molecule has 6 heteroatoms. The topological polar surface area (TPSA) is 95.5 Å². The van der Waals surface area contributed by atoms with Gasteiger partial charge >= 0.3 is 0 Å². The van der Waals surface area contributed by atoms with Gasteiger partial charge in [0.05, 0.1) is 31.4 Å². The van der Waals surface area contributed by atoms with Crippen molar-refractivity contribution in [1.82, 2.24) is 4.98 Å². The van der Waals surface area contributed by atoms with E-state index in [4.69, 9.17) is 15.9 Å². The Balaban J connectivity index is 2.50. The Morgan fingerprint density at radius 2 is 2.37 bits per heavy atom. The summed E-state index contributed by atoms with van der Waals surface area (Å²) in [5.41, 5.74) is 8.13. The molecule has 1 fully saturated rings. The number of amidine groups is 1. The first-order valence-electron chi connectivity index (χ1n) is 6.32. The highest BCUT2D eigenvalue weighted by Crippen LogP contribution is 2.25. The predicted molar refractivity (Wildman–Crippen MR) is 73.8 cm³/mol. The SMILES string of the molecule is Cc1cc(C)c(C(=N)N)c(N2CCOCC2CO)n1. The summed E-state index contributed by atoms with van der Waals surface area (Å²) < 4.78 is 5.37. The molecule has 0 saturated carbocycles. The van der Waals surface area contributed by atoms with Crippen LogP contribution in [0.5, 0.6) is 0 Å². The predicted octanol–water partition coefficient (Wildman–Crippen LogP) is 0.180. The zero-order valence-electron chi connectivity index (χ0n) is 11.3. The molecule has 1 unspecified atom stereocenters. The van der Waals surface area contributed by atoms with Crippen LogP contribution in [0.25, 0.3) is 0 Å². The van der Waals surface area contributed by atoms with E-state index in [0.29, 0.717) is 31.1 Å². The molecule has 1 aromatic rings. The normalized spacial score (nSPS) is 19.5. The molecule has 1 saturated heterocycles. The molecule has 0 spiro atoms. The summed E-state index contributed by atoms with van der Waals surface area (Å²) in [6, 6.07) is 1.77. The van der Waals surface area contributed by atoms with Crippen molar-refractivity contribution < 1.29 is 9.84 Å². The molecular formula is C13H20N4O2. The van der Waals surface area contributed by atoms with E-state index in [-0.39, 0.29) is 18.5 Å². The van der Waals surface area contributed by atoms with Crippen LogP contribution in [0.3, 0.4) is 0 Å². The summed E-state index contributed by atoms with van der Waals surface area (Å²) >= 11 is 0. The fourth-order valence-electron chi connectivity index (χ4n) is 2.44. The maximum Gasteiger partial charge on any atom is 0.140 e. The molecule has 6 nitrogen and oxygen atoms in total. The van der Waals surface area contributed by atoms with Crippen LogP contribution in [-0.2, 0) is 4.74 Å². The smallest absolute Gasteiger partial charge is 0.140 e. The van der Waals surface area contributed by atoms with Crippen LogP contribution >= 0.6 is 0 Å². The van der Waals surface area contributed by atoms with Gasteiger partial charge in [0.2, 0.25) is 0 Å². The lowest BCUT2D eigenvalue weighted by Crippen LogP contribution is -2.49. The van der Waals surface area contributed by atoms with Crippen molar-refractivity contribution in [2.75, 3.05) is 31.3 Å². The van der Waals surface area contributed by atoms with E-state index in [9.17, 15) is 5.11 Å². The molecule has 1 aliphatic heterocycles. The van der Waals surface area contributed by atoms with Gasteiger partial charge in [0, 0.05) is 12.2 Å². The molecule has 1 atom stereocenters. The molecule has 2 heterocycles. The molecule has 0 aliphatic carbocycles. The number of hydrogen-bond acceptors (Lipinski definition) is 5. The number of aliphatic hydroxyl groups is 1. The third-order valence-electron chi connectivity index (χ3n) is 3.31. The summed E-state index contributed by atoms with van der Waals surface area (Å²) in [7, 11) is 0. The molecule has 0 radical (unpaired) electrons. The van der Waals surface area contributed by atoms with Gasteiger partial charge < -0.3 is 20.5 Å². The van der Waals surface area contributed by atoms with E-state index in [2.05, 4.69) is 4.98 Å². The number of nitrogens with zero attached hydrogens (tertiary/aromatic N) is 2. The number of nitrogens with one attached hydrogen (secondary N) is 1. The molecule has 1 aliphatic rings. The zero-order chi connectivity index (χ0) is 14.0. The van der Waals surface area contributed by atoms with Crippen LogP contribution in [0.1, 0.15) is 16.8 Å². The number of nitrogen functional groups attached to an aromatic ring is 1. The Morgan fingerprint density at radius 3 is 3.00 bits per heavy atom. The second-order valence-electron chi connectivity index (χ2n) is 4.80. The van der Waals surface area contributed by atoms with Gasteiger partial charge in [0.15, 0.2) is 0 Å². The molecular weight excluding hydrogens is 244 g/mol. The fraction of sp³-hybridized carbons (Fsp3) is 0.538. The van der Waals surface area contributed by atoms with E-state index in [1.165, 1.54) is 0 Å². The lowest BCUT2D eigenvalue weighted by atomic mass is 10.1. The lowest BCUT2D eigenvalue weighted by Gasteiger charge is -2.36. The summed E-state index contributed by atoms with van der Waals surface area (Å²) in [5.74, 6) is 0.676. The van der Waals surface area contributed by atoms with Crippen molar-refractivity contribution in [2.45, 2.75) is 19.9 Å². The minimum Gasteiger partial charge on any atom is -0.394 e. The molecule has 2 rings (SSSR count).